The molecule has 0 saturated heterocycles. The van der Waals surface area contributed by atoms with Crippen LogP contribution in [-0.2, 0) is 13.0 Å². The van der Waals surface area contributed by atoms with Crippen LogP contribution in [0.4, 0.5) is 0 Å². The Labute approximate surface area is 77.0 Å². The molecule has 3 heteroatoms. The quantitative estimate of drug-likeness (QED) is 0.560. The summed E-state index contributed by atoms with van der Waals surface area (Å²) in [6.45, 7) is 3.50. The molecule has 0 atom stereocenters. The average Bonchev–Trinajstić information content (AvgIpc) is 2.53. The Kier molecular flexibility index (Phi) is 3.78. The van der Waals surface area contributed by atoms with E-state index in [2.05, 4.69) is 28.5 Å². The van der Waals surface area contributed by atoms with E-state index in [1.165, 1.54) is 5.01 Å². The molecule has 64 valence electrons. The predicted octanol–water partition coefficient (Wildman–Crippen LogP) is 1.43. The van der Waals surface area contributed by atoms with Crippen molar-refractivity contribution >= 4 is 11.3 Å². The van der Waals surface area contributed by atoms with Gasteiger partial charge in [0, 0.05) is 11.9 Å². The Morgan fingerprint density at radius 2 is 2.58 bits per heavy atom. The Bertz CT molecular complexity index is 272. The molecular weight excluding hydrogens is 168 g/mol. The molecule has 0 radical (unpaired) electrons. The topological polar surface area (TPSA) is 24.9 Å². The lowest BCUT2D eigenvalue weighted by atomic mass is 10.4. The molecule has 0 bridgehead atoms. The zero-order chi connectivity index (χ0) is 8.81. The lowest BCUT2D eigenvalue weighted by Gasteiger charge is -1.94. The largest absolute Gasteiger partial charge is 0.301 e. The van der Waals surface area contributed by atoms with Gasteiger partial charge in [-0.05, 0) is 6.42 Å². The van der Waals surface area contributed by atoms with Gasteiger partial charge in [-0.15, -0.1) is 17.8 Å². The molecule has 0 saturated carbocycles. The summed E-state index contributed by atoms with van der Waals surface area (Å²) < 4.78 is 0. The third kappa shape index (κ3) is 2.65. The first-order chi connectivity index (χ1) is 5.86. The van der Waals surface area contributed by atoms with Gasteiger partial charge >= 0.3 is 0 Å². The molecule has 0 aromatic carbocycles. The fourth-order valence-electron chi connectivity index (χ4n) is 0.855. The van der Waals surface area contributed by atoms with Crippen LogP contribution in [0, 0.1) is 12.3 Å². The molecule has 0 fully saturated rings. The van der Waals surface area contributed by atoms with E-state index in [-0.39, 0.29) is 0 Å². The fraction of sp³-hybridized carbons (Fsp3) is 0.444. The van der Waals surface area contributed by atoms with Gasteiger partial charge in [-0.3, -0.25) is 0 Å². The SMILES string of the molecule is C#CCNCc1csc(CC)n1. The van der Waals surface area contributed by atoms with Crippen LogP contribution in [0.3, 0.4) is 0 Å². The van der Waals surface area contributed by atoms with Gasteiger partial charge < -0.3 is 5.32 Å². The maximum Gasteiger partial charge on any atom is 0.0926 e. The van der Waals surface area contributed by atoms with Crippen molar-refractivity contribution in [2.24, 2.45) is 0 Å². The smallest absolute Gasteiger partial charge is 0.0926 e. The van der Waals surface area contributed by atoms with Gasteiger partial charge in [-0.1, -0.05) is 12.8 Å². The Hall–Kier alpha value is -0.850. The van der Waals surface area contributed by atoms with Crippen molar-refractivity contribution in [3.05, 3.63) is 16.1 Å². The summed E-state index contributed by atoms with van der Waals surface area (Å²) in [5, 5.41) is 6.36. The minimum absolute atomic E-state index is 0.610. The molecule has 0 aliphatic heterocycles. The maximum absolute atomic E-state index is 5.09. The Balaban J connectivity index is 2.37. The van der Waals surface area contributed by atoms with Gasteiger partial charge in [0.1, 0.15) is 0 Å². The third-order valence-electron chi connectivity index (χ3n) is 1.43. The molecule has 2 nitrogen and oxygen atoms in total. The summed E-state index contributed by atoms with van der Waals surface area (Å²) in [6, 6.07) is 0. The number of nitrogens with one attached hydrogen (secondary N) is 1. The minimum atomic E-state index is 0.610. The molecule has 1 aromatic heterocycles. The number of nitrogens with zero attached hydrogens (tertiary/aromatic N) is 1. The molecular formula is C9H12N2S. The van der Waals surface area contributed by atoms with Gasteiger partial charge in [-0.2, -0.15) is 0 Å². The number of aromatic nitrogens is 1. The number of aryl methyl sites for hydroxylation is 1. The monoisotopic (exact) mass is 180 g/mol. The second-order valence-corrected chi connectivity index (χ2v) is 3.34. The molecule has 1 heterocycles. The van der Waals surface area contributed by atoms with Gasteiger partial charge in [0.25, 0.3) is 0 Å². The molecule has 0 aliphatic carbocycles. The van der Waals surface area contributed by atoms with Crippen LogP contribution in [0.15, 0.2) is 5.38 Å². The van der Waals surface area contributed by atoms with Crippen molar-refractivity contribution in [3.8, 4) is 12.3 Å². The summed E-state index contributed by atoms with van der Waals surface area (Å²) >= 11 is 1.70. The normalized spacial score (nSPS) is 9.67. The molecule has 1 aromatic rings. The number of hydrogen-bond acceptors (Lipinski definition) is 3. The summed E-state index contributed by atoms with van der Waals surface area (Å²) in [4.78, 5) is 4.39. The van der Waals surface area contributed by atoms with Gasteiger partial charge in [0.15, 0.2) is 0 Å². The van der Waals surface area contributed by atoms with Crippen LogP contribution >= 0.6 is 11.3 Å². The fourth-order valence-corrected chi connectivity index (χ4v) is 1.60. The molecule has 0 unspecified atom stereocenters. The van der Waals surface area contributed by atoms with Gasteiger partial charge in [0.05, 0.1) is 17.2 Å². The summed E-state index contributed by atoms with van der Waals surface area (Å²) in [5.74, 6) is 2.52. The van der Waals surface area contributed by atoms with Crippen LogP contribution in [0.5, 0.6) is 0 Å². The van der Waals surface area contributed by atoms with Crippen LogP contribution in [0.1, 0.15) is 17.6 Å². The molecule has 0 amide bonds. The van der Waals surface area contributed by atoms with Crippen molar-refractivity contribution < 1.29 is 0 Å². The Morgan fingerprint density at radius 3 is 3.17 bits per heavy atom. The summed E-state index contributed by atoms with van der Waals surface area (Å²) in [6.07, 6.45) is 6.11. The van der Waals surface area contributed by atoms with Crippen LogP contribution < -0.4 is 5.32 Å². The summed E-state index contributed by atoms with van der Waals surface area (Å²) in [7, 11) is 0. The van der Waals surface area contributed by atoms with Crippen molar-refractivity contribution in [1.29, 1.82) is 0 Å². The number of hydrogen-bond donors (Lipinski definition) is 1. The van der Waals surface area contributed by atoms with E-state index in [0.717, 1.165) is 18.7 Å². The van der Waals surface area contributed by atoms with E-state index in [9.17, 15) is 0 Å². The first kappa shape index (κ1) is 9.24. The standard InChI is InChI=1S/C9H12N2S/c1-3-5-10-6-8-7-12-9(4-2)11-8/h1,7,10H,4-6H2,2H3. The second-order valence-electron chi connectivity index (χ2n) is 2.39. The van der Waals surface area contributed by atoms with E-state index in [1.807, 2.05) is 0 Å². The van der Waals surface area contributed by atoms with E-state index in [4.69, 9.17) is 6.42 Å². The predicted molar refractivity (Wildman–Crippen MR) is 52.0 cm³/mol. The van der Waals surface area contributed by atoms with Crippen LogP contribution in [0.25, 0.3) is 0 Å². The molecule has 1 rings (SSSR count). The molecule has 0 aliphatic rings. The highest BCUT2D eigenvalue weighted by molar-refractivity contribution is 7.09. The van der Waals surface area contributed by atoms with E-state index >= 15 is 0 Å². The molecule has 0 spiro atoms. The Morgan fingerprint density at radius 1 is 1.75 bits per heavy atom. The van der Waals surface area contributed by atoms with E-state index < -0.39 is 0 Å². The zero-order valence-corrected chi connectivity index (χ0v) is 7.95. The van der Waals surface area contributed by atoms with E-state index in [1.54, 1.807) is 11.3 Å². The highest BCUT2D eigenvalue weighted by atomic mass is 32.1. The first-order valence-electron chi connectivity index (χ1n) is 3.94. The van der Waals surface area contributed by atoms with Gasteiger partial charge in [-0.25, -0.2) is 4.98 Å². The molecule has 1 N–H and O–H groups in total. The minimum Gasteiger partial charge on any atom is -0.301 e. The van der Waals surface area contributed by atoms with Crippen molar-refractivity contribution in [2.75, 3.05) is 6.54 Å². The average molecular weight is 180 g/mol. The van der Waals surface area contributed by atoms with Crippen molar-refractivity contribution in [1.82, 2.24) is 10.3 Å². The lowest BCUT2D eigenvalue weighted by Crippen LogP contribution is -2.13. The van der Waals surface area contributed by atoms with Crippen molar-refractivity contribution in [3.63, 3.8) is 0 Å². The number of rotatable bonds is 4. The lowest BCUT2D eigenvalue weighted by molar-refractivity contribution is 0.751. The highest BCUT2D eigenvalue weighted by Gasteiger charge is 1.97. The molecule has 12 heavy (non-hydrogen) atoms. The third-order valence-corrected chi connectivity index (χ3v) is 2.48. The van der Waals surface area contributed by atoms with Crippen molar-refractivity contribution in [2.45, 2.75) is 19.9 Å². The first-order valence-corrected chi connectivity index (χ1v) is 4.82. The van der Waals surface area contributed by atoms with Crippen LogP contribution in [0.2, 0.25) is 0 Å². The summed E-state index contributed by atoms with van der Waals surface area (Å²) in [5.41, 5.74) is 1.09. The van der Waals surface area contributed by atoms with E-state index in [0.29, 0.717) is 6.54 Å². The maximum atomic E-state index is 5.09. The number of thiazole rings is 1. The van der Waals surface area contributed by atoms with Gasteiger partial charge in [0.2, 0.25) is 0 Å². The second kappa shape index (κ2) is 4.91. The highest BCUT2D eigenvalue weighted by Crippen LogP contribution is 2.09. The zero-order valence-electron chi connectivity index (χ0n) is 7.13. The number of terminal acetylenes is 1. The van der Waals surface area contributed by atoms with Crippen LogP contribution in [-0.4, -0.2) is 11.5 Å².